The molecule has 1 heterocycles. The molecule has 2 aromatic carbocycles. The number of rotatable bonds is 7. The zero-order valence-electron chi connectivity index (χ0n) is 16.9. The molecule has 0 saturated carbocycles. The molecule has 0 unspecified atom stereocenters. The van der Waals surface area contributed by atoms with Gasteiger partial charge in [-0.25, -0.2) is 8.42 Å². The van der Waals surface area contributed by atoms with E-state index in [1.54, 1.807) is 34.6 Å². The van der Waals surface area contributed by atoms with Crippen LogP contribution in [0.1, 0.15) is 38.2 Å². The first kappa shape index (κ1) is 21.3. The van der Waals surface area contributed by atoms with Gasteiger partial charge in [0.15, 0.2) is 6.61 Å². The minimum absolute atomic E-state index is 0.0619. The first-order valence-corrected chi connectivity index (χ1v) is 11.5. The minimum atomic E-state index is -3.52. The molecule has 1 fully saturated rings. The first-order valence-electron chi connectivity index (χ1n) is 10.0. The third kappa shape index (κ3) is 5.36. The lowest BCUT2D eigenvalue weighted by Gasteiger charge is -2.34. The Kier molecular flexibility index (Phi) is 6.92. The number of ether oxygens (including phenoxy) is 1. The van der Waals surface area contributed by atoms with Gasteiger partial charge in [0.05, 0.1) is 4.90 Å². The number of carbonyl (C=O) groups excluding carboxylic acids is 1. The second-order valence-electron chi connectivity index (χ2n) is 7.35. The zero-order valence-corrected chi connectivity index (χ0v) is 17.7. The van der Waals surface area contributed by atoms with Crippen LogP contribution in [-0.2, 0) is 14.8 Å². The number of sulfonamides is 1. The molecule has 0 radical (unpaired) electrons. The molecule has 1 N–H and O–H groups in total. The van der Waals surface area contributed by atoms with Gasteiger partial charge in [0.1, 0.15) is 5.75 Å². The third-order valence-corrected chi connectivity index (χ3v) is 7.11. The monoisotopic (exact) mass is 416 g/mol. The van der Waals surface area contributed by atoms with Crippen molar-refractivity contribution < 1.29 is 17.9 Å². The maximum absolute atomic E-state index is 13.0. The number of amides is 1. The smallest absolute Gasteiger partial charge is 0.262 e. The average molecular weight is 417 g/mol. The first-order chi connectivity index (χ1) is 13.9. The van der Waals surface area contributed by atoms with Crippen LogP contribution in [0, 0.1) is 6.92 Å². The molecule has 0 bridgehead atoms. The van der Waals surface area contributed by atoms with Gasteiger partial charge in [-0.1, -0.05) is 25.5 Å². The Labute approximate surface area is 172 Å². The van der Waals surface area contributed by atoms with Gasteiger partial charge in [-0.3, -0.25) is 4.79 Å². The standard InChI is InChI=1S/C22H28N2O4S/c1-3-19-8-4-5-14-24(19)29(26,27)21-12-10-18(11-13-21)23-22(25)16-28-20-9-6-7-17(2)15-20/h6-7,9-13,15,19H,3-5,8,14,16H2,1-2H3,(H,23,25)/t19-/m0/s1. The van der Waals surface area contributed by atoms with Crippen LogP contribution >= 0.6 is 0 Å². The summed E-state index contributed by atoms with van der Waals surface area (Å²) in [5.74, 6) is 0.331. The summed E-state index contributed by atoms with van der Waals surface area (Å²) >= 11 is 0. The Morgan fingerprint density at radius 3 is 2.62 bits per heavy atom. The van der Waals surface area contributed by atoms with Crippen molar-refractivity contribution in [3.8, 4) is 5.75 Å². The maximum atomic E-state index is 13.0. The van der Waals surface area contributed by atoms with E-state index in [1.165, 1.54) is 0 Å². The molecule has 1 amide bonds. The van der Waals surface area contributed by atoms with E-state index in [2.05, 4.69) is 5.32 Å². The quantitative estimate of drug-likeness (QED) is 0.741. The van der Waals surface area contributed by atoms with Crippen LogP contribution in [-0.4, -0.2) is 37.8 Å². The molecule has 0 aliphatic carbocycles. The molecule has 1 saturated heterocycles. The number of anilines is 1. The van der Waals surface area contributed by atoms with Gasteiger partial charge in [-0.15, -0.1) is 0 Å². The van der Waals surface area contributed by atoms with Crippen molar-refractivity contribution in [1.29, 1.82) is 0 Å². The lowest BCUT2D eigenvalue weighted by molar-refractivity contribution is -0.118. The van der Waals surface area contributed by atoms with Crippen molar-refractivity contribution in [3.05, 3.63) is 54.1 Å². The SMILES string of the molecule is CC[C@H]1CCCCN1S(=O)(=O)c1ccc(NC(=O)COc2cccc(C)c2)cc1. The third-order valence-electron chi connectivity index (χ3n) is 5.15. The molecule has 0 aromatic heterocycles. The molecule has 1 atom stereocenters. The fourth-order valence-electron chi connectivity index (χ4n) is 3.60. The molecule has 1 aliphatic rings. The Bertz CT molecular complexity index is 942. The highest BCUT2D eigenvalue weighted by Crippen LogP contribution is 2.27. The molecule has 1 aliphatic heterocycles. The van der Waals surface area contributed by atoms with Crippen LogP contribution in [0.15, 0.2) is 53.4 Å². The van der Waals surface area contributed by atoms with E-state index in [4.69, 9.17) is 4.74 Å². The summed E-state index contributed by atoms with van der Waals surface area (Å²) in [4.78, 5) is 12.4. The molecule has 7 heteroatoms. The Morgan fingerprint density at radius 1 is 1.17 bits per heavy atom. The summed E-state index contributed by atoms with van der Waals surface area (Å²) < 4.78 is 33.1. The molecule has 156 valence electrons. The number of nitrogens with zero attached hydrogens (tertiary/aromatic N) is 1. The highest BCUT2D eigenvalue weighted by Gasteiger charge is 2.32. The fraction of sp³-hybridized carbons (Fsp3) is 0.409. The molecule has 0 spiro atoms. The molecule has 6 nitrogen and oxygen atoms in total. The Morgan fingerprint density at radius 2 is 1.93 bits per heavy atom. The van der Waals surface area contributed by atoms with Gasteiger partial charge in [0.25, 0.3) is 5.91 Å². The summed E-state index contributed by atoms with van der Waals surface area (Å²) in [6.07, 6.45) is 3.68. The Balaban J connectivity index is 1.61. The summed E-state index contributed by atoms with van der Waals surface area (Å²) in [6.45, 7) is 4.43. The highest BCUT2D eigenvalue weighted by atomic mass is 32.2. The van der Waals surface area contributed by atoms with Gasteiger partial charge in [-0.05, 0) is 68.1 Å². The summed E-state index contributed by atoms with van der Waals surface area (Å²) in [5.41, 5.74) is 1.59. The topological polar surface area (TPSA) is 75.7 Å². The zero-order chi connectivity index (χ0) is 20.9. The second-order valence-corrected chi connectivity index (χ2v) is 9.24. The van der Waals surface area contributed by atoms with E-state index in [0.29, 0.717) is 18.0 Å². The lowest BCUT2D eigenvalue weighted by Crippen LogP contribution is -2.43. The molecular weight excluding hydrogens is 388 g/mol. The predicted octanol–water partition coefficient (Wildman–Crippen LogP) is 3.97. The van der Waals surface area contributed by atoms with Crippen molar-refractivity contribution in [2.75, 3.05) is 18.5 Å². The van der Waals surface area contributed by atoms with Crippen LogP contribution < -0.4 is 10.1 Å². The predicted molar refractivity (Wildman–Crippen MR) is 114 cm³/mol. The van der Waals surface area contributed by atoms with Crippen molar-refractivity contribution in [3.63, 3.8) is 0 Å². The molecule has 2 aromatic rings. The number of hydrogen-bond acceptors (Lipinski definition) is 4. The van der Waals surface area contributed by atoms with Gasteiger partial charge in [0.2, 0.25) is 10.0 Å². The maximum Gasteiger partial charge on any atom is 0.262 e. The second kappa shape index (κ2) is 9.41. The molecule has 3 rings (SSSR count). The van der Waals surface area contributed by atoms with E-state index in [9.17, 15) is 13.2 Å². The van der Waals surface area contributed by atoms with E-state index in [1.807, 2.05) is 32.0 Å². The lowest BCUT2D eigenvalue weighted by atomic mass is 10.0. The normalized spacial score (nSPS) is 17.7. The van der Waals surface area contributed by atoms with Crippen LogP contribution in [0.2, 0.25) is 0 Å². The van der Waals surface area contributed by atoms with Gasteiger partial charge < -0.3 is 10.1 Å². The van der Waals surface area contributed by atoms with Crippen molar-refractivity contribution >= 4 is 21.6 Å². The average Bonchev–Trinajstić information content (AvgIpc) is 2.72. The molecular formula is C22H28N2O4S. The summed E-state index contributed by atoms with van der Waals surface area (Å²) in [6, 6.07) is 13.9. The minimum Gasteiger partial charge on any atom is -0.484 e. The largest absolute Gasteiger partial charge is 0.484 e. The van der Waals surface area contributed by atoms with Crippen LogP contribution in [0.3, 0.4) is 0 Å². The fourth-order valence-corrected chi connectivity index (χ4v) is 5.36. The van der Waals surface area contributed by atoms with Crippen molar-refractivity contribution in [1.82, 2.24) is 4.31 Å². The Hall–Kier alpha value is -2.38. The molecule has 29 heavy (non-hydrogen) atoms. The highest BCUT2D eigenvalue weighted by molar-refractivity contribution is 7.89. The van der Waals surface area contributed by atoms with Crippen LogP contribution in [0.5, 0.6) is 5.75 Å². The number of nitrogens with one attached hydrogen (secondary N) is 1. The van der Waals surface area contributed by atoms with Crippen LogP contribution in [0.4, 0.5) is 5.69 Å². The van der Waals surface area contributed by atoms with Crippen molar-refractivity contribution in [2.45, 2.75) is 50.5 Å². The summed E-state index contributed by atoms with van der Waals surface area (Å²) in [7, 11) is -3.52. The van der Waals surface area contributed by atoms with E-state index in [0.717, 1.165) is 31.2 Å². The van der Waals surface area contributed by atoms with Gasteiger partial charge in [0, 0.05) is 18.3 Å². The number of carbonyl (C=O) groups is 1. The number of aryl methyl sites for hydroxylation is 1. The summed E-state index contributed by atoms with van der Waals surface area (Å²) in [5, 5.41) is 2.73. The van der Waals surface area contributed by atoms with E-state index < -0.39 is 10.0 Å². The van der Waals surface area contributed by atoms with E-state index in [-0.39, 0.29) is 23.5 Å². The van der Waals surface area contributed by atoms with E-state index >= 15 is 0 Å². The van der Waals surface area contributed by atoms with Gasteiger partial charge in [-0.2, -0.15) is 4.31 Å². The van der Waals surface area contributed by atoms with Crippen molar-refractivity contribution in [2.24, 2.45) is 0 Å². The van der Waals surface area contributed by atoms with Crippen LogP contribution in [0.25, 0.3) is 0 Å². The number of hydrogen-bond donors (Lipinski definition) is 1. The van der Waals surface area contributed by atoms with Gasteiger partial charge >= 0.3 is 0 Å². The number of benzene rings is 2. The number of piperidine rings is 1.